The second kappa shape index (κ2) is 4.66. The Labute approximate surface area is 104 Å². The highest BCUT2D eigenvalue weighted by atomic mass is 16.5. The fraction of sp³-hybridized carbons (Fsp3) is 0.333. The van der Waals surface area contributed by atoms with E-state index in [9.17, 15) is 9.59 Å². The molecule has 0 saturated carbocycles. The number of methoxy groups -OCH3 is 1. The highest BCUT2D eigenvalue weighted by Crippen LogP contribution is 2.35. The minimum atomic E-state index is -0.731. The molecule has 18 heavy (non-hydrogen) atoms. The lowest BCUT2D eigenvalue weighted by molar-refractivity contribution is -0.125. The van der Waals surface area contributed by atoms with E-state index in [1.54, 1.807) is 25.1 Å². The van der Waals surface area contributed by atoms with E-state index in [2.05, 4.69) is 4.74 Å². The number of nitrogens with zero attached hydrogens (tertiary/aromatic N) is 1. The molecule has 0 aromatic heterocycles. The maximum atomic E-state index is 12.0. The van der Waals surface area contributed by atoms with Crippen molar-refractivity contribution in [2.45, 2.75) is 19.6 Å². The number of imide groups is 1. The third-order valence-electron chi connectivity index (χ3n) is 2.73. The molecule has 1 heterocycles. The number of nitrogens with two attached hydrogens (primary N) is 1. The van der Waals surface area contributed by atoms with Crippen LogP contribution in [0.5, 0.6) is 5.75 Å². The van der Waals surface area contributed by atoms with E-state index in [0.29, 0.717) is 18.0 Å². The lowest BCUT2D eigenvalue weighted by Gasteiger charge is -2.30. The standard InChI is InChI=1S/C12H14N2O4/c1-7-11(15)14(12(16)17-2)9-5-8(6-13)3-4-10(9)18-7/h3-5,7H,6,13H2,1-2H3. The lowest BCUT2D eigenvalue weighted by atomic mass is 10.1. The minimum absolute atomic E-state index is 0.312. The average Bonchev–Trinajstić information content (AvgIpc) is 2.39. The Morgan fingerprint density at radius 2 is 2.28 bits per heavy atom. The summed E-state index contributed by atoms with van der Waals surface area (Å²) in [5.41, 5.74) is 6.71. The maximum absolute atomic E-state index is 12.0. The van der Waals surface area contributed by atoms with E-state index in [4.69, 9.17) is 10.5 Å². The molecule has 0 aliphatic carbocycles. The molecule has 6 nitrogen and oxygen atoms in total. The molecule has 2 N–H and O–H groups in total. The first kappa shape index (κ1) is 12.4. The molecule has 1 atom stereocenters. The van der Waals surface area contributed by atoms with Crippen LogP contribution in [0, 0.1) is 0 Å². The van der Waals surface area contributed by atoms with Gasteiger partial charge in [0.25, 0.3) is 5.91 Å². The first-order chi connectivity index (χ1) is 8.58. The quantitative estimate of drug-likeness (QED) is 0.804. The molecule has 0 radical (unpaired) electrons. The number of fused-ring (bicyclic) bond motifs is 1. The van der Waals surface area contributed by atoms with Crippen molar-refractivity contribution in [1.29, 1.82) is 0 Å². The summed E-state index contributed by atoms with van der Waals surface area (Å²) in [6, 6.07) is 5.13. The SMILES string of the molecule is COC(=O)N1C(=O)C(C)Oc2ccc(CN)cc21. The monoisotopic (exact) mass is 250 g/mol. The van der Waals surface area contributed by atoms with Gasteiger partial charge >= 0.3 is 6.09 Å². The fourth-order valence-electron chi connectivity index (χ4n) is 1.79. The number of hydrogen-bond donors (Lipinski definition) is 1. The molecule has 2 rings (SSSR count). The summed E-state index contributed by atoms with van der Waals surface area (Å²) in [4.78, 5) is 24.6. The fourth-order valence-corrected chi connectivity index (χ4v) is 1.79. The predicted octanol–water partition coefficient (Wildman–Crippen LogP) is 1.03. The summed E-state index contributed by atoms with van der Waals surface area (Å²) < 4.78 is 10.0. The van der Waals surface area contributed by atoms with Crippen molar-refractivity contribution in [1.82, 2.24) is 0 Å². The molecule has 96 valence electrons. The Balaban J connectivity index is 2.53. The Bertz CT molecular complexity index is 501. The molecule has 0 bridgehead atoms. The van der Waals surface area contributed by atoms with Crippen LogP contribution in [-0.4, -0.2) is 25.2 Å². The van der Waals surface area contributed by atoms with Gasteiger partial charge in [0.1, 0.15) is 5.75 Å². The van der Waals surface area contributed by atoms with Crippen LogP contribution in [0.1, 0.15) is 12.5 Å². The summed E-state index contributed by atoms with van der Waals surface area (Å²) in [6.45, 7) is 1.89. The van der Waals surface area contributed by atoms with Crippen LogP contribution in [0.4, 0.5) is 10.5 Å². The summed E-state index contributed by atoms with van der Waals surface area (Å²) in [5.74, 6) is 0.00761. The van der Waals surface area contributed by atoms with Gasteiger partial charge in [0.05, 0.1) is 12.8 Å². The Kier molecular flexibility index (Phi) is 3.20. The predicted molar refractivity (Wildman–Crippen MR) is 64.3 cm³/mol. The van der Waals surface area contributed by atoms with Crippen molar-refractivity contribution in [2.75, 3.05) is 12.0 Å². The van der Waals surface area contributed by atoms with Crippen LogP contribution >= 0.6 is 0 Å². The third-order valence-corrected chi connectivity index (χ3v) is 2.73. The zero-order valence-electron chi connectivity index (χ0n) is 10.2. The number of carbonyl (C=O) groups excluding carboxylic acids is 2. The molecule has 2 amide bonds. The molecule has 0 saturated heterocycles. The van der Waals surface area contributed by atoms with Crippen LogP contribution in [0.2, 0.25) is 0 Å². The van der Waals surface area contributed by atoms with Crippen molar-refractivity contribution < 1.29 is 19.1 Å². The molecule has 0 spiro atoms. The normalized spacial score (nSPS) is 18.1. The third kappa shape index (κ3) is 1.91. The minimum Gasteiger partial charge on any atom is -0.479 e. The van der Waals surface area contributed by atoms with E-state index in [1.165, 1.54) is 7.11 Å². The molecule has 1 aromatic rings. The molecule has 1 aliphatic rings. The Morgan fingerprint density at radius 1 is 1.56 bits per heavy atom. The molecular formula is C12H14N2O4. The van der Waals surface area contributed by atoms with E-state index in [0.717, 1.165) is 10.5 Å². The van der Waals surface area contributed by atoms with Crippen molar-refractivity contribution in [3.63, 3.8) is 0 Å². The van der Waals surface area contributed by atoms with E-state index in [-0.39, 0.29) is 0 Å². The zero-order chi connectivity index (χ0) is 13.3. The van der Waals surface area contributed by atoms with Crippen LogP contribution in [0.3, 0.4) is 0 Å². The second-order valence-electron chi connectivity index (χ2n) is 3.91. The van der Waals surface area contributed by atoms with Gasteiger partial charge in [-0.25, -0.2) is 9.69 Å². The first-order valence-corrected chi connectivity index (χ1v) is 5.50. The van der Waals surface area contributed by atoms with Gasteiger partial charge in [-0.15, -0.1) is 0 Å². The zero-order valence-corrected chi connectivity index (χ0v) is 10.2. The average molecular weight is 250 g/mol. The molecule has 0 fully saturated rings. The highest BCUT2D eigenvalue weighted by Gasteiger charge is 2.36. The smallest absolute Gasteiger partial charge is 0.421 e. The van der Waals surface area contributed by atoms with Crippen LogP contribution in [0.15, 0.2) is 18.2 Å². The van der Waals surface area contributed by atoms with Crippen molar-refractivity contribution in [2.24, 2.45) is 5.73 Å². The van der Waals surface area contributed by atoms with E-state index >= 15 is 0 Å². The topological polar surface area (TPSA) is 81.9 Å². The van der Waals surface area contributed by atoms with Gasteiger partial charge in [0, 0.05) is 6.54 Å². The Morgan fingerprint density at radius 3 is 2.89 bits per heavy atom. The van der Waals surface area contributed by atoms with Crippen LogP contribution in [-0.2, 0) is 16.1 Å². The van der Waals surface area contributed by atoms with Gasteiger partial charge in [-0.05, 0) is 24.6 Å². The number of ether oxygens (including phenoxy) is 2. The summed E-state index contributed by atoms with van der Waals surface area (Å²) in [7, 11) is 1.22. The highest BCUT2D eigenvalue weighted by molar-refractivity contribution is 6.15. The first-order valence-electron chi connectivity index (χ1n) is 5.50. The number of amides is 2. The van der Waals surface area contributed by atoms with Gasteiger partial charge in [0.15, 0.2) is 6.10 Å². The van der Waals surface area contributed by atoms with Crippen molar-refractivity contribution >= 4 is 17.7 Å². The molecule has 1 aliphatic heterocycles. The van der Waals surface area contributed by atoms with E-state index < -0.39 is 18.1 Å². The number of rotatable bonds is 1. The van der Waals surface area contributed by atoms with Gasteiger partial charge in [-0.1, -0.05) is 6.07 Å². The summed E-state index contributed by atoms with van der Waals surface area (Å²) >= 11 is 0. The number of carbonyl (C=O) groups is 2. The molecule has 1 unspecified atom stereocenters. The number of anilines is 1. The molecule has 6 heteroatoms. The van der Waals surface area contributed by atoms with Gasteiger partial charge in [-0.3, -0.25) is 4.79 Å². The van der Waals surface area contributed by atoms with Gasteiger partial charge < -0.3 is 15.2 Å². The number of hydrogen-bond acceptors (Lipinski definition) is 5. The summed E-state index contributed by atoms with van der Waals surface area (Å²) in [6.07, 6.45) is -1.45. The van der Waals surface area contributed by atoms with Gasteiger partial charge in [-0.2, -0.15) is 0 Å². The maximum Gasteiger partial charge on any atom is 0.421 e. The number of benzene rings is 1. The van der Waals surface area contributed by atoms with Crippen LogP contribution < -0.4 is 15.4 Å². The lowest BCUT2D eigenvalue weighted by Crippen LogP contribution is -2.47. The summed E-state index contributed by atoms with van der Waals surface area (Å²) in [5, 5.41) is 0. The second-order valence-corrected chi connectivity index (χ2v) is 3.91. The molecule has 1 aromatic carbocycles. The van der Waals surface area contributed by atoms with Crippen LogP contribution in [0.25, 0.3) is 0 Å². The Hall–Kier alpha value is -2.08. The van der Waals surface area contributed by atoms with Gasteiger partial charge in [0.2, 0.25) is 0 Å². The molecular weight excluding hydrogens is 236 g/mol. The van der Waals surface area contributed by atoms with E-state index in [1.807, 2.05) is 0 Å². The van der Waals surface area contributed by atoms with Crippen molar-refractivity contribution in [3.8, 4) is 5.75 Å². The largest absolute Gasteiger partial charge is 0.479 e. The van der Waals surface area contributed by atoms with Crippen molar-refractivity contribution in [3.05, 3.63) is 23.8 Å².